The molecular formula is C25H31ClF2N4O2. The molecule has 1 fully saturated rings. The highest BCUT2D eigenvalue weighted by atomic mass is 35.5. The average Bonchev–Trinajstić information content (AvgIpc) is 3.58. The molecule has 0 aliphatic heterocycles. The Morgan fingerprint density at radius 3 is 2.50 bits per heavy atom. The van der Waals surface area contributed by atoms with Gasteiger partial charge >= 0.3 is 0 Å². The second-order valence-electron chi connectivity index (χ2n) is 9.38. The second kappa shape index (κ2) is 10.4. The zero-order valence-corrected chi connectivity index (χ0v) is 20.4. The van der Waals surface area contributed by atoms with Crippen LogP contribution in [0.25, 0.3) is 0 Å². The van der Waals surface area contributed by atoms with E-state index in [0.29, 0.717) is 42.0 Å². The first-order chi connectivity index (χ1) is 15.9. The number of halogens is 3. The molecular weight excluding hydrogens is 462 g/mol. The van der Waals surface area contributed by atoms with E-state index in [2.05, 4.69) is 10.3 Å². The first-order valence-electron chi connectivity index (χ1n) is 11.2. The summed E-state index contributed by atoms with van der Waals surface area (Å²) >= 11 is 6.33. The maximum absolute atomic E-state index is 14.5. The zero-order valence-electron chi connectivity index (χ0n) is 19.7. The summed E-state index contributed by atoms with van der Waals surface area (Å²) in [7, 11) is 3.77. The molecule has 1 aromatic carbocycles. The lowest BCUT2D eigenvalue weighted by atomic mass is 9.77. The Bertz CT molecular complexity index is 1020. The van der Waals surface area contributed by atoms with Crippen molar-refractivity contribution < 1.29 is 18.4 Å². The molecule has 0 radical (unpaired) electrons. The van der Waals surface area contributed by atoms with Gasteiger partial charge in [0.2, 0.25) is 11.8 Å². The fourth-order valence-electron chi connectivity index (χ4n) is 4.49. The van der Waals surface area contributed by atoms with Crippen LogP contribution in [0.5, 0.6) is 0 Å². The molecule has 1 aliphatic carbocycles. The van der Waals surface area contributed by atoms with E-state index >= 15 is 0 Å². The third-order valence-corrected chi connectivity index (χ3v) is 7.22. The van der Waals surface area contributed by atoms with Crippen molar-refractivity contribution in [3.05, 3.63) is 64.4 Å². The number of aromatic nitrogens is 1. The minimum atomic E-state index is -2.90. The number of primary amides is 1. The van der Waals surface area contributed by atoms with E-state index in [9.17, 15) is 18.4 Å². The number of nitrogens with one attached hydrogen (secondary N) is 1. The normalized spacial score (nSPS) is 16.7. The van der Waals surface area contributed by atoms with Crippen LogP contribution in [0.4, 0.5) is 8.78 Å². The van der Waals surface area contributed by atoms with Crippen LogP contribution >= 0.6 is 11.6 Å². The third kappa shape index (κ3) is 5.91. The van der Waals surface area contributed by atoms with Crippen LogP contribution in [-0.2, 0) is 11.2 Å². The second-order valence-corrected chi connectivity index (χ2v) is 9.79. The molecule has 2 atom stereocenters. The molecule has 2 aromatic rings. The average molecular weight is 493 g/mol. The van der Waals surface area contributed by atoms with Gasteiger partial charge in [-0.15, -0.1) is 0 Å². The summed E-state index contributed by atoms with van der Waals surface area (Å²) in [6, 6.07) is 8.27. The fraction of sp³-hybridized carbons (Fsp3) is 0.480. The number of nitrogens with zero attached hydrogens (tertiary/aromatic N) is 2. The highest BCUT2D eigenvalue weighted by molar-refractivity contribution is 6.31. The minimum Gasteiger partial charge on any atom is -0.366 e. The molecule has 1 aliphatic rings. The SMILES string of the molecule is CN(C)[C@H](CNC(=O)CC(c1cccnc1)C1(C(C)(F)F)CC1)Cc1ccc(C(N)=O)cc1Cl. The molecule has 184 valence electrons. The molecule has 0 saturated heterocycles. The summed E-state index contributed by atoms with van der Waals surface area (Å²) in [5.41, 5.74) is 5.88. The van der Waals surface area contributed by atoms with E-state index in [-0.39, 0.29) is 18.4 Å². The third-order valence-electron chi connectivity index (χ3n) is 6.86. The molecule has 1 saturated carbocycles. The van der Waals surface area contributed by atoms with E-state index in [4.69, 9.17) is 17.3 Å². The summed E-state index contributed by atoms with van der Waals surface area (Å²) in [6.45, 7) is 1.26. The highest BCUT2D eigenvalue weighted by Crippen LogP contribution is 2.65. The molecule has 0 spiro atoms. The standard InChI is InChI=1S/C25H31ClF2N4O2/c1-24(27,28)25(8-9-25)20(18-5-4-10-30-14-18)13-22(33)31-15-19(32(2)3)11-16-6-7-17(23(29)34)12-21(16)26/h4-7,10,12,14,19-20H,8-9,11,13,15H2,1-3H3,(H2,29,34)(H,31,33)/t19-,20?/m0/s1. The van der Waals surface area contributed by atoms with Gasteiger partial charge in [-0.25, -0.2) is 8.78 Å². The lowest BCUT2D eigenvalue weighted by molar-refractivity contribution is -0.123. The summed E-state index contributed by atoms with van der Waals surface area (Å²) in [4.78, 5) is 30.3. The van der Waals surface area contributed by atoms with Crippen molar-refractivity contribution in [1.29, 1.82) is 0 Å². The summed E-state index contributed by atoms with van der Waals surface area (Å²) in [5.74, 6) is -4.35. The number of amides is 2. The molecule has 1 aromatic heterocycles. The Kier molecular flexibility index (Phi) is 7.93. The van der Waals surface area contributed by atoms with Gasteiger partial charge in [-0.3, -0.25) is 14.6 Å². The van der Waals surface area contributed by atoms with E-state index < -0.39 is 23.2 Å². The fourth-order valence-corrected chi connectivity index (χ4v) is 4.75. The van der Waals surface area contributed by atoms with Crippen molar-refractivity contribution >= 4 is 23.4 Å². The zero-order chi connectivity index (χ0) is 25.1. The van der Waals surface area contributed by atoms with E-state index in [1.807, 2.05) is 19.0 Å². The van der Waals surface area contributed by atoms with Crippen molar-refractivity contribution in [3.8, 4) is 0 Å². The minimum absolute atomic E-state index is 0.0384. The van der Waals surface area contributed by atoms with Crippen molar-refractivity contribution in [2.75, 3.05) is 20.6 Å². The van der Waals surface area contributed by atoms with Crippen molar-refractivity contribution in [3.63, 3.8) is 0 Å². The van der Waals surface area contributed by atoms with Gasteiger partial charge < -0.3 is 16.0 Å². The van der Waals surface area contributed by atoms with Gasteiger partial charge in [0.15, 0.2) is 0 Å². The van der Waals surface area contributed by atoms with Gasteiger partial charge in [0, 0.05) is 53.3 Å². The van der Waals surface area contributed by atoms with Crippen molar-refractivity contribution in [2.24, 2.45) is 11.1 Å². The van der Waals surface area contributed by atoms with Crippen LogP contribution in [0.2, 0.25) is 5.02 Å². The molecule has 34 heavy (non-hydrogen) atoms. The number of likely N-dealkylation sites (N-methyl/N-ethyl adjacent to an activating group) is 1. The Morgan fingerprint density at radius 2 is 2.00 bits per heavy atom. The Balaban J connectivity index is 1.69. The molecule has 3 rings (SSSR count). The van der Waals surface area contributed by atoms with Crippen LogP contribution in [-0.4, -0.2) is 54.3 Å². The number of benzene rings is 1. The van der Waals surface area contributed by atoms with E-state index in [0.717, 1.165) is 12.5 Å². The number of rotatable bonds is 11. The number of alkyl halides is 2. The van der Waals surface area contributed by atoms with Gasteiger partial charge in [-0.05, 0) is 69.6 Å². The first-order valence-corrected chi connectivity index (χ1v) is 11.6. The highest BCUT2D eigenvalue weighted by Gasteiger charge is 2.63. The number of pyridine rings is 1. The monoisotopic (exact) mass is 492 g/mol. The quantitative estimate of drug-likeness (QED) is 0.495. The van der Waals surface area contributed by atoms with Gasteiger partial charge in [-0.2, -0.15) is 0 Å². The van der Waals surface area contributed by atoms with Crippen LogP contribution in [0.15, 0.2) is 42.7 Å². The number of carbonyl (C=O) groups excluding carboxylic acids is 2. The first kappa shape index (κ1) is 26.0. The molecule has 6 nitrogen and oxygen atoms in total. The summed E-state index contributed by atoms with van der Waals surface area (Å²) < 4.78 is 29.1. The van der Waals surface area contributed by atoms with Crippen LogP contribution in [0.1, 0.15) is 53.6 Å². The topological polar surface area (TPSA) is 88.3 Å². The largest absolute Gasteiger partial charge is 0.366 e. The van der Waals surface area contributed by atoms with Crippen LogP contribution < -0.4 is 11.1 Å². The van der Waals surface area contributed by atoms with Gasteiger partial charge in [0.05, 0.1) is 0 Å². The lowest BCUT2D eigenvalue weighted by Crippen LogP contribution is -2.43. The molecule has 1 heterocycles. The van der Waals surface area contributed by atoms with Gasteiger partial charge in [0.1, 0.15) is 0 Å². The lowest BCUT2D eigenvalue weighted by Gasteiger charge is -2.32. The smallest absolute Gasteiger partial charge is 0.251 e. The Labute approximate surface area is 203 Å². The summed E-state index contributed by atoms with van der Waals surface area (Å²) in [5, 5.41) is 3.34. The predicted octanol–water partition coefficient (Wildman–Crippen LogP) is 4.03. The molecule has 9 heteroatoms. The van der Waals surface area contributed by atoms with E-state index in [1.165, 1.54) is 6.07 Å². The maximum atomic E-state index is 14.5. The number of hydrogen-bond acceptors (Lipinski definition) is 4. The molecule has 0 bridgehead atoms. The number of hydrogen-bond donors (Lipinski definition) is 2. The number of carbonyl (C=O) groups is 2. The van der Waals surface area contributed by atoms with Crippen LogP contribution in [0.3, 0.4) is 0 Å². The molecule has 2 amide bonds. The Hall–Kier alpha value is -2.58. The Morgan fingerprint density at radius 1 is 1.29 bits per heavy atom. The molecule has 3 N–H and O–H groups in total. The predicted molar refractivity (Wildman–Crippen MR) is 128 cm³/mol. The molecule has 1 unspecified atom stereocenters. The van der Waals surface area contributed by atoms with Crippen molar-refractivity contribution in [1.82, 2.24) is 15.2 Å². The van der Waals surface area contributed by atoms with Crippen molar-refractivity contribution in [2.45, 2.75) is 50.5 Å². The van der Waals surface area contributed by atoms with Gasteiger partial charge in [0.25, 0.3) is 5.92 Å². The number of nitrogens with two attached hydrogens (primary N) is 1. The van der Waals surface area contributed by atoms with Gasteiger partial charge in [-0.1, -0.05) is 23.7 Å². The maximum Gasteiger partial charge on any atom is 0.251 e. The summed E-state index contributed by atoms with van der Waals surface area (Å²) in [6.07, 6.45) is 4.40. The van der Waals surface area contributed by atoms with Crippen LogP contribution in [0, 0.1) is 5.41 Å². The van der Waals surface area contributed by atoms with E-state index in [1.54, 1.807) is 36.7 Å².